The Morgan fingerprint density at radius 1 is 1.00 bits per heavy atom. The molecule has 3 aromatic carbocycles. The van der Waals surface area contributed by atoms with Gasteiger partial charge in [-0.3, -0.25) is 24.6 Å². The molecule has 0 spiro atoms. The Morgan fingerprint density at radius 2 is 1.61 bits per heavy atom. The third-order valence-electron chi connectivity index (χ3n) is 8.89. The van der Waals surface area contributed by atoms with Crippen molar-refractivity contribution < 1.29 is 40.9 Å². The number of nitro groups is 1. The Labute approximate surface area is 295 Å². The van der Waals surface area contributed by atoms with E-state index >= 15 is 0 Å². The van der Waals surface area contributed by atoms with Gasteiger partial charge in [-0.05, 0) is 69.1 Å². The maximum Gasteiger partial charge on any atom is 0.416 e. The zero-order valence-corrected chi connectivity index (χ0v) is 28.4. The Bertz CT molecular complexity index is 1910. The highest BCUT2D eigenvalue weighted by atomic mass is 35.5. The van der Waals surface area contributed by atoms with Gasteiger partial charge in [-0.15, -0.1) is 12.4 Å². The normalized spacial score (nSPS) is 18.7. The fraction of sp³-hybridized carbons (Fsp3) is 0.314. The van der Waals surface area contributed by atoms with Gasteiger partial charge in [0.1, 0.15) is 0 Å². The van der Waals surface area contributed by atoms with E-state index in [1.165, 1.54) is 48.2 Å². The van der Waals surface area contributed by atoms with Crippen molar-refractivity contribution in [2.75, 3.05) is 40.3 Å². The number of H-pyrrole nitrogens is 1. The number of benzene rings is 3. The summed E-state index contributed by atoms with van der Waals surface area (Å²) in [6, 6.07) is 12.8. The summed E-state index contributed by atoms with van der Waals surface area (Å²) in [7, 11) is 3.56. The highest BCUT2D eigenvalue weighted by Gasteiger charge is 2.50. The Balaban J connectivity index is 0.00000583. The molecular formula is C35H34ClF6N5O4. The number of hydrogen-bond acceptors (Lipinski definition) is 6. The Morgan fingerprint density at radius 3 is 2.18 bits per heavy atom. The van der Waals surface area contributed by atoms with Crippen LogP contribution in [0.4, 0.5) is 32.0 Å². The number of rotatable bonds is 9. The molecule has 272 valence electrons. The van der Waals surface area contributed by atoms with E-state index in [1.807, 2.05) is 29.2 Å². The van der Waals surface area contributed by atoms with Crippen LogP contribution in [0.15, 0.2) is 79.0 Å². The minimum Gasteiger partial charge on any atom is -0.361 e. The lowest BCUT2D eigenvalue weighted by molar-refractivity contribution is -0.384. The van der Waals surface area contributed by atoms with Gasteiger partial charge >= 0.3 is 12.4 Å². The maximum atomic E-state index is 14.4. The quantitative estimate of drug-likeness (QED) is 0.0623. The number of aromatic amines is 1. The van der Waals surface area contributed by atoms with Crippen molar-refractivity contribution in [1.29, 1.82) is 0 Å². The van der Waals surface area contributed by atoms with Crippen LogP contribution in [0.5, 0.6) is 0 Å². The first kappa shape index (κ1) is 39.1. The zero-order valence-electron chi connectivity index (χ0n) is 27.6. The molecule has 2 heterocycles. The van der Waals surface area contributed by atoms with E-state index in [1.54, 1.807) is 25.2 Å². The van der Waals surface area contributed by atoms with E-state index in [2.05, 4.69) is 4.98 Å². The first-order valence-electron chi connectivity index (χ1n) is 15.4. The van der Waals surface area contributed by atoms with Gasteiger partial charge in [0.2, 0.25) is 5.91 Å². The predicted octanol–water partition coefficient (Wildman–Crippen LogP) is 7.64. The van der Waals surface area contributed by atoms with Crippen molar-refractivity contribution in [1.82, 2.24) is 19.7 Å². The summed E-state index contributed by atoms with van der Waals surface area (Å²) < 4.78 is 82.9. The summed E-state index contributed by atoms with van der Waals surface area (Å²) in [5.41, 5.74) is -4.02. The average molecular weight is 738 g/mol. The summed E-state index contributed by atoms with van der Waals surface area (Å²) >= 11 is 0. The molecule has 0 saturated carbocycles. The molecule has 0 aliphatic carbocycles. The number of carbonyl (C=O) groups is 2. The molecule has 1 fully saturated rings. The number of halogens is 7. The van der Waals surface area contributed by atoms with Crippen molar-refractivity contribution in [2.45, 2.75) is 30.9 Å². The van der Waals surface area contributed by atoms with Crippen molar-refractivity contribution in [2.24, 2.45) is 0 Å². The minimum absolute atomic E-state index is 0. The monoisotopic (exact) mass is 737 g/mol. The number of fused-ring (bicyclic) bond motifs is 1. The van der Waals surface area contributed by atoms with Crippen LogP contribution in [0.25, 0.3) is 17.0 Å². The average Bonchev–Trinajstić information content (AvgIpc) is 3.49. The third-order valence-corrected chi connectivity index (χ3v) is 8.89. The molecule has 0 bridgehead atoms. The number of alkyl halides is 6. The molecule has 4 aromatic rings. The first-order valence-corrected chi connectivity index (χ1v) is 15.4. The molecule has 1 N–H and O–H groups in total. The summed E-state index contributed by atoms with van der Waals surface area (Å²) in [6.07, 6.45) is -5.96. The van der Waals surface area contributed by atoms with Crippen molar-refractivity contribution in [3.8, 4) is 0 Å². The second-order valence-electron chi connectivity index (χ2n) is 12.6. The van der Waals surface area contributed by atoms with Gasteiger partial charge in [0.05, 0.1) is 27.6 Å². The van der Waals surface area contributed by atoms with E-state index in [0.717, 1.165) is 10.9 Å². The second-order valence-corrected chi connectivity index (χ2v) is 12.6. The Kier molecular flexibility index (Phi) is 11.4. The molecule has 1 aliphatic heterocycles. The number of para-hydroxylation sites is 1. The van der Waals surface area contributed by atoms with Gasteiger partial charge in [-0.25, -0.2) is 0 Å². The van der Waals surface area contributed by atoms with Crippen molar-refractivity contribution in [3.63, 3.8) is 0 Å². The molecule has 1 aliphatic rings. The van der Waals surface area contributed by atoms with Gasteiger partial charge in [-0.2, -0.15) is 26.3 Å². The van der Waals surface area contributed by atoms with Gasteiger partial charge in [0.15, 0.2) is 5.78 Å². The minimum atomic E-state index is -5.17. The van der Waals surface area contributed by atoms with Crippen LogP contribution in [0.3, 0.4) is 0 Å². The molecule has 51 heavy (non-hydrogen) atoms. The van der Waals surface area contributed by atoms with Crippen LogP contribution < -0.4 is 0 Å². The van der Waals surface area contributed by atoms with Crippen LogP contribution >= 0.6 is 12.4 Å². The topological polar surface area (TPSA) is 103 Å². The number of nitrogens with one attached hydrogen (secondary N) is 1. The second kappa shape index (κ2) is 14.9. The van der Waals surface area contributed by atoms with Crippen LogP contribution in [-0.4, -0.2) is 82.1 Å². The molecule has 16 heteroatoms. The van der Waals surface area contributed by atoms with Crippen molar-refractivity contribution in [3.05, 3.63) is 117 Å². The molecule has 2 unspecified atom stereocenters. The van der Waals surface area contributed by atoms with Gasteiger partial charge < -0.3 is 14.8 Å². The molecule has 1 amide bonds. The number of likely N-dealkylation sites (N-methyl/N-ethyl adjacent to an activating group) is 1. The highest BCUT2D eigenvalue weighted by molar-refractivity contribution is 6.04. The number of Topliss-reactive ketones (excluding diaryl/α,β-unsaturated/α-hetero) is 1. The number of carbonyl (C=O) groups excluding carboxylic acids is 2. The van der Waals surface area contributed by atoms with E-state index in [0.29, 0.717) is 29.8 Å². The molecule has 0 radical (unpaired) electrons. The molecule has 9 nitrogen and oxygen atoms in total. The molecular weight excluding hydrogens is 704 g/mol. The van der Waals surface area contributed by atoms with Gasteiger partial charge in [-0.1, -0.05) is 18.2 Å². The van der Waals surface area contributed by atoms with Crippen molar-refractivity contribution >= 4 is 46.8 Å². The van der Waals surface area contributed by atoms with Gasteiger partial charge in [0, 0.05) is 72.6 Å². The predicted molar refractivity (Wildman–Crippen MR) is 181 cm³/mol. The number of amides is 1. The smallest absolute Gasteiger partial charge is 0.361 e. The fourth-order valence-electron chi connectivity index (χ4n) is 6.16. The number of non-ortho nitro benzene ring substituents is 1. The number of nitro benzene ring substituents is 1. The Hall–Kier alpha value is -4.73. The molecule has 2 atom stereocenters. The van der Waals surface area contributed by atoms with Gasteiger partial charge in [0.25, 0.3) is 5.69 Å². The number of nitrogens with zero attached hydrogens (tertiary/aromatic N) is 4. The lowest BCUT2D eigenvalue weighted by Crippen LogP contribution is -2.66. The van der Waals surface area contributed by atoms with E-state index in [9.17, 15) is 46.0 Å². The zero-order chi connectivity index (χ0) is 36.6. The summed E-state index contributed by atoms with van der Waals surface area (Å²) in [5.74, 6) is -1.60. The number of hydrogen-bond donors (Lipinski definition) is 1. The lowest BCUT2D eigenvalue weighted by Gasteiger charge is -2.51. The van der Waals surface area contributed by atoms with Crippen LogP contribution in [0.2, 0.25) is 0 Å². The van der Waals surface area contributed by atoms with E-state index < -0.39 is 57.2 Å². The molecule has 1 saturated heterocycles. The number of piperazine rings is 1. The standard InChI is InChI=1S/C35H33F6N5O4.ClH/c1-33(32(48)23-16-24(34(36,37)38)18-25(17-23)35(39,40)41)21-45(31(47)13-10-22-8-11-26(12-9-22)46(49)50)30(20-44(33)15-14-43(2)3)28-19-42-29-7-5-4-6-27(28)29;/h4-13,16-19,30,42H,14-15,20-21H2,1-3H3;1H. The summed E-state index contributed by atoms with van der Waals surface area (Å²) in [5, 5.41) is 11.9. The fourth-order valence-corrected chi connectivity index (χ4v) is 6.16. The van der Waals surface area contributed by atoms with Crippen LogP contribution in [0, 0.1) is 10.1 Å². The summed E-state index contributed by atoms with van der Waals surface area (Å²) in [6.45, 7) is 1.63. The maximum absolute atomic E-state index is 14.4. The van der Waals surface area contributed by atoms with E-state index in [-0.39, 0.29) is 43.8 Å². The van der Waals surface area contributed by atoms with Crippen LogP contribution in [0.1, 0.15) is 45.6 Å². The van der Waals surface area contributed by atoms with E-state index in [4.69, 9.17) is 0 Å². The third kappa shape index (κ3) is 8.43. The molecule has 5 rings (SSSR count). The summed E-state index contributed by atoms with van der Waals surface area (Å²) in [4.78, 5) is 47.0. The van der Waals surface area contributed by atoms with Crippen LogP contribution in [-0.2, 0) is 17.1 Å². The molecule has 1 aromatic heterocycles. The lowest BCUT2D eigenvalue weighted by atomic mass is 9.83. The number of ketones is 1. The SMILES string of the molecule is CN(C)CCN1CC(c2c[nH]c3ccccc23)N(C(=O)C=Cc2ccc([N+](=O)[O-])cc2)CC1(C)C(=O)c1cc(C(F)(F)F)cc(C(F)(F)F)c1.Cl. The largest absolute Gasteiger partial charge is 0.416 e. The first-order chi connectivity index (χ1) is 23.4. The highest BCUT2D eigenvalue weighted by Crippen LogP contribution is 2.41. The number of aromatic nitrogens is 1.